The first-order valence-electron chi connectivity index (χ1n) is 12.8. The number of nitrogens with one attached hydrogen (secondary N) is 2. The van der Waals surface area contributed by atoms with E-state index in [1.165, 1.54) is 19.1 Å². The van der Waals surface area contributed by atoms with Crippen molar-refractivity contribution < 1.29 is 45.2 Å². The van der Waals surface area contributed by atoms with Gasteiger partial charge in [-0.05, 0) is 38.0 Å². The maximum absolute atomic E-state index is 13.6. The maximum Gasteiger partial charge on any atom is 0.416 e. The fourth-order valence-corrected chi connectivity index (χ4v) is 4.83. The first kappa shape index (κ1) is 31.3. The number of rotatable bonds is 8. The van der Waals surface area contributed by atoms with Crippen molar-refractivity contribution in [2.24, 2.45) is 16.6 Å². The lowest BCUT2D eigenvalue weighted by molar-refractivity contribution is -0.144. The summed E-state index contributed by atoms with van der Waals surface area (Å²) in [6.45, 7) is 3.03. The number of primary amides is 1. The largest absolute Gasteiger partial charge is 0.416 e. The van der Waals surface area contributed by atoms with Crippen LogP contribution >= 0.6 is 0 Å². The van der Waals surface area contributed by atoms with Crippen LogP contribution in [-0.4, -0.2) is 40.9 Å². The molecular weight excluding hydrogens is 584 g/mol. The molecule has 4 N–H and O–H groups in total. The number of amides is 3. The van der Waals surface area contributed by atoms with E-state index in [9.17, 15) is 40.7 Å². The maximum atomic E-state index is 13.6. The van der Waals surface area contributed by atoms with Crippen LogP contribution in [0, 0.1) is 19.8 Å². The molecule has 1 aromatic heterocycles. The monoisotopic (exact) mass is 609 g/mol. The zero-order chi connectivity index (χ0) is 31.7. The van der Waals surface area contributed by atoms with E-state index in [2.05, 4.69) is 20.8 Å². The van der Waals surface area contributed by atoms with Crippen LogP contribution in [0.1, 0.15) is 52.3 Å². The molecule has 2 heterocycles. The smallest absolute Gasteiger partial charge is 0.369 e. The van der Waals surface area contributed by atoms with Gasteiger partial charge in [0.2, 0.25) is 18.0 Å². The van der Waals surface area contributed by atoms with Crippen molar-refractivity contribution in [1.29, 1.82) is 0 Å². The molecule has 3 amide bonds. The molecular formula is C28H25F6N5O4. The van der Waals surface area contributed by atoms with Crippen LogP contribution in [0.15, 0.2) is 58.2 Å². The highest BCUT2D eigenvalue weighted by Crippen LogP contribution is 2.35. The van der Waals surface area contributed by atoms with Gasteiger partial charge in [-0.2, -0.15) is 26.3 Å². The van der Waals surface area contributed by atoms with E-state index in [1.54, 1.807) is 19.1 Å². The number of para-hydroxylation sites is 1. The summed E-state index contributed by atoms with van der Waals surface area (Å²) >= 11 is 0. The number of carbonyl (C=O) groups is 3. The normalized spacial score (nSPS) is 16.8. The summed E-state index contributed by atoms with van der Waals surface area (Å²) in [5.41, 5.74) is 5.45. The molecule has 1 aliphatic heterocycles. The van der Waals surface area contributed by atoms with Crippen LogP contribution < -0.4 is 16.4 Å². The van der Waals surface area contributed by atoms with Crippen molar-refractivity contribution in [2.45, 2.75) is 51.1 Å². The van der Waals surface area contributed by atoms with Crippen molar-refractivity contribution in [1.82, 2.24) is 10.5 Å². The molecule has 3 atom stereocenters. The number of hydrogen-bond donors (Lipinski definition) is 3. The number of carbonyl (C=O) groups excluding carboxylic acids is 3. The van der Waals surface area contributed by atoms with Crippen molar-refractivity contribution in [2.75, 3.05) is 5.32 Å². The Balaban J connectivity index is 1.79. The van der Waals surface area contributed by atoms with Gasteiger partial charge in [-0.3, -0.25) is 14.4 Å². The van der Waals surface area contributed by atoms with Gasteiger partial charge in [0.05, 0.1) is 34.5 Å². The Labute approximate surface area is 240 Å². The van der Waals surface area contributed by atoms with Crippen molar-refractivity contribution in [3.63, 3.8) is 0 Å². The van der Waals surface area contributed by atoms with E-state index in [1.807, 2.05) is 0 Å². The average Bonchev–Trinajstić information content (AvgIpc) is 3.27. The van der Waals surface area contributed by atoms with Crippen LogP contribution in [0.5, 0.6) is 0 Å². The number of anilines is 1. The molecule has 43 heavy (non-hydrogen) atoms. The molecule has 0 saturated heterocycles. The summed E-state index contributed by atoms with van der Waals surface area (Å²) in [5.74, 6) is -6.60. The molecule has 15 heteroatoms. The van der Waals surface area contributed by atoms with Gasteiger partial charge in [-0.1, -0.05) is 35.5 Å². The zero-order valence-corrected chi connectivity index (χ0v) is 22.6. The van der Waals surface area contributed by atoms with E-state index in [0.29, 0.717) is 5.56 Å². The number of aryl methyl sites for hydroxylation is 2. The van der Waals surface area contributed by atoms with E-state index in [4.69, 9.17) is 10.3 Å². The summed E-state index contributed by atoms with van der Waals surface area (Å²) < 4.78 is 85.1. The topological polar surface area (TPSA) is 140 Å². The summed E-state index contributed by atoms with van der Waals surface area (Å²) in [6, 6.07) is 8.89. The van der Waals surface area contributed by atoms with Crippen LogP contribution in [0.4, 0.5) is 32.0 Å². The highest BCUT2D eigenvalue weighted by molar-refractivity contribution is 6.20. The second-order valence-electron chi connectivity index (χ2n) is 9.95. The fraction of sp³-hybridized carbons (Fsp3) is 0.321. The summed E-state index contributed by atoms with van der Waals surface area (Å²) in [5, 5.41) is 8.47. The van der Waals surface area contributed by atoms with E-state index < -0.39 is 66.5 Å². The third kappa shape index (κ3) is 7.04. The van der Waals surface area contributed by atoms with Gasteiger partial charge in [0.25, 0.3) is 5.91 Å². The van der Waals surface area contributed by atoms with E-state index >= 15 is 0 Å². The van der Waals surface area contributed by atoms with Gasteiger partial charge >= 0.3 is 12.4 Å². The standard InChI is InChI=1S/C28H25F6N5O4/c1-13-5-3-8-18-21(13)37-26(42)24(36-22(18)15-6-4-7-16(11-15)28(32,33)34)38-25(41)17(9-10-27(29,30)31)20(23(35)40)19-12-43-39-14(19)2/h3-8,11-12,17,20,24H,9-10H2,1-2H3,(H2,35,40)(H,37,42)(H,38,41)/t17-,20-,24-/m1/s1. The minimum Gasteiger partial charge on any atom is -0.369 e. The number of fused-ring (bicyclic) bond motifs is 1. The number of aliphatic imine (C=N–C) groups is 1. The molecule has 0 bridgehead atoms. The molecule has 0 aliphatic carbocycles. The number of alkyl halides is 6. The van der Waals surface area contributed by atoms with E-state index in [0.717, 1.165) is 24.5 Å². The summed E-state index contributed by atoms with van der Waals surface area (Å²) in [6.07, 6.45) is -12.6. The summed E-state index contributed by atoms with van der Waals surface area (Å²) in [4.78, 5) is 43.6. The molecule has 228 valence electrons. The molecule has 0 radical (unpaired) electrons. The van der Waals surface area contributed by atoms with Gasteiger partial charge in [-0.15, -0.1) is 0 Å². The Kier molecular flexibility index (Phi) is 8.64. The number of aromatic nitrogens is 1. The number of benzene rings is 2. The predicted molar refractivity (Wildman–Crippen MR) is 141 cm³/mol. The lowest BCUT2D eigenvalue weighted by Gasteiger charge is -2.25. The van der Waals surface area contributed by atoms with Gasteiger partial charge in [0.1, 0.15) is 6.26 Å². The highest BCUT2D eigenvalue weighted by Gasteiger charge is 2.41. The second kappa shape index (κ2) is 11.9. The Morgan fingerprint density at radius 3 is 2.40 bits per heavy atom. The third-order valence-corrected chi connectivity index (χ3v) is 6.93. The lowest BCUT2D eigenvalue weighted by atomic mass is 9.82. The van der Waals surface area contributed by atoms with E-state index in [-0.39, 0.29) is 33.8 Å². The molecule has 1 aliphatic rings. The predicted octanol–water partition coefficient (Wildman–Crippen LogP) is 4.77. The number of nitrogens with zero attached hydrogens (tertiary/aromatic N) is 2. The number of nitrogens with two attached hydrogens (primary N) is 1. The quantitative estimate of drug-likeness (QED) is 0.316. The molecule has 2 aromatic carbocycles. The van der Waals surface area contributed by atoms with Gasteiger partial charge in [0, 0.05) is 23.1 Å². The Morgan fingerprint density at radius 2 is 1.79 bits per heavy atom. The molecule has 9 nitrogen and oxygen atoms in total. The minimum absolute atomic E-state index is 0.0173. The number of hydrogen-bond acceptors (Lipinski definition) is 6. The van der Waals surface area contributed by atoms with Gasteiger partial charge in [0.15, 0.2) is 0 Å². The molecule has 0 unspecified atom stereocenters. The van der Waals surface area contributed by atoms with Gasteiger partial charge in [-0.25, -0.2) is 4.99 Å². The Morgan fingerprint density at radius 1 is 1.09 bits per heavy atom. The first-order valence-corrected chi connectivity index (χ1v) is 12.8. The SMILES string of the molecule is Cc1cccc2c1NC(=O)[C@@H](NC(=O)[C@H](CCC(F)(F)F)[C@@H](C(N)=O)c1conc1C)N=C2c1cccc(C(F)(F)F)c1. The molecule has 0 saturated carbocycles. The molecule has 3 aromatic rings. The minimum atomic E-state index is -4.71. The molecule has 4 rings (SSSR count). The fourth-order valence-electron chi connectivity index (χ4n) is 4.83. The average molecular weight is 610 g/mol. The Bertz CT molecular complexity index is 1580. The molecule has 0 spiro atoms. The number of halogens is 6. The Hall–Kier alpha value is -4.69. The van der Waals surface area contributed by atoms with Crippen LogP contribution in [0.25, 0.3) is 0 Å². The summed E-state index contributed by atoms with van der Waals surface area (Å²) in [7, 11) is 0. The van der Waals surface area contributed by atoms with Crippen molar-refractivity contribution in [3.05, 3.63) is 82.2 Å². The van der Waals surface area contributed by atoms with Gasteiger partial charge < -0.3 is 20.9 Å². The first-order chi connectivity index (χ1) is 20.1. The number of benzodiazepines with no additional fused rings is 1. The van der Waals surface area contributed by atoms with Crippen LogP contribution in [0.2, 0.25) is 0 Å². The van der Waals surface area contributed by atoms with Crippen LogP contribution in [0.3, 0.4) is 0 Å². The highest BCUT2D eigenvalue weighted by atomic mass is 19.4. The van der Waals surface area contributed by atoms with Crippen molar-refractivity contribution >= 4 is 29.1 Å². The molecule has 0 fully saturated rings. The zero-order valence-electron chi connectivity index (χ0n) is 22.6. The third-order valence-electron chi connectivity index (χ3n) is 6.93. The second-order valence-corrected chi connectivity index (χ2v) is 9.95. The van der Waals surface area contributed by atoms with Crippen LogP contribution in [-0.2, 0) is 20.6 Å². The van der Waals surface area contributed by atoms with Crippen molar-refractivity contribution in [3.8, 4) is 0 Å². The lowest BCUT2D eigenvalue weighted by Crippen LogP contribution is -2.47.